The van der Waals surface area contributed by atoms with Crippen LogP contribution in [0.25, 0.3) is 0 Å². The molecule has 0 aromatic carbocycles. The van der Waals surface area contributed by atoms with E-state index in [1.54, 1.807) is 0 Å². The quantitative estimate of drug-likeness (QED) is 0.629. The lowest BCUT2D eigenvalue weighted by molar-refractivity contribution is 0.276. The van der Waals surface area contributed by atoms with Gasteiger partial charge in [-0.2, -0.15) is 0 Å². The third-order valence-electron chi connectivity index (χ3n) is 2.41. The summed E-state index contributed by atoms with van der Waals surface area (Å²) in [6.07, 6.45) is 7.50. The second kappa shape index (κ2) is 4.69. The molecule has 0 bridgehead atoms. The van der Waals surface area contributed by atoms with Gasteiger partial charge in [0.2, 0.25) is 0 Å². The Bertz CT molecular complexity index is 166. The highest BCUT2D eigenvalue weighted by Gasteiger charge is 2.18. The Labute approximate surface area is 82.8 Å². The van der Waals surface area contributed by atoms with Gasteiger partial charge in [-0.15, -0.1) is 0 Å². The van der Waals surface area contributed by atoms with Gasteiger partial charge in [0.25, 0.3) is 0 Å². The Hall–Kier alpha value is -0.460. The molecule has 1 nitrogen and oxygen atoms in total. The van der Waals surface area contributed by atoms with Crippen molar-refractivity contribution in [2.75, 3.05) is 6.54 Å². The minimum absolute atomic E-state index is 0.636. The molecule has 76 valence electrons. The van der Waals surface area contributed by atoms with Crippen LogP contribution in [0, 0.1) is 11.8 Å². The van der Waals surface area contributed by atoms with E-state index >= 15 is 0 Å². The van der Waals surface area contributed by atoms with Crippen LogP contribution in [0.5, 0.6) is 0 Å². The summed E-state index contributed by atoms with van der Waals surface area (Å²) in [6, 6.07) is 0.636. The molecule has 1 heteroatoms. The first-order chi connectivity index (χ1) is 6.09. The van der Waals surface area contributed by atoms with Gasteiger partial charge in [0.05, 0.1) is 0 Å². The van der Waals surface area contributed by atoms with Gasteiger partial charge in [-0.1, -0.05) is 19.9 Å². The maximum absolute atomic E-state index is 2.45. The van der Waals surface area contributed by atoms with E-state index in [2.05, 4.69) is 44.9 Å². The summed E-state index contributed by atoms with van der Waals surface area (Å²) in [5, 5.41) is 0. The zero-order chi connectivity index (χ0) is 9.84. The lowest BCUT2D eigenvalue weighted by atomic mass is 10.2. The summed E-state index contributed by atoms with van der Waals surface area (Å²) >= 11 is 0. The van der Waals surface area contributed by atoms with Crippen LogP contribution in [-0.2, 0) is 0 Å². The van der Waals surface area contributed by atoms with Crippen LogP contribution in [0.2, 0.25) is 0 Å². The molecule has 0 aromatic heterocycles. The summed E-state index contributed by atoms with van der Waals surface area (Å²) in [5.74, 6) is 1.65. The van der Waals surface area contributed by atoms with E-state index in [0.717, 1.165) is 11.8 Å². The van der Waals surface area contributed by atoms with Crippen LogP contribution in [0.4, 0.5) is 0 Å². The SMILES string of the molecule is CC(C)CN(/C=C/C1CC1)C(C)C. The first-order valence-corrected chi connectivity index (χ1v) is 5.53. The number of hydrogen-bond donors (Lipinski definition) is 0. The lowest BCUT2D eigenvalue weighted by Crippen LogP contribution is -2.29. The highest BCUT2D eigenvalue weighted by Crippen LogP contribution is 2.30. The van der Waals surface area contributed by atoms with Gasteiger partial charge in [0, 0.05) is 12.6 Å². The molecule has 1 aliphatic carbocycles. The molecule has 0 radical (unpaired) electrons. The molecule has 0 amide bonds. The molecule has 0 aliphatic heterocycles. The first kappa shape index (κ1) is 10.6. The van der Waals surface area contributed by atoms with Crippen LogP contribution < -0.4 is 0 Å². The first-order valence-electron chi connectivity index (χ1n) is 5.53. The minimum atomic E-state index is 0.636. The van der Waals surface area contributed by atoms with E-state index < -0.39 is 0 Å². The zero-order valence-corrected chi connectivity index (χ0v) is 9.46. The molecule has 0 unspecified atom stereocenters. The summed E-state index contributed by atoms with van der Waals surface area (Å²) < 4.78 is 0. The van der Waals surface area contributed by atoms with Gasteiger partial charge < -0.3 is 4.90 Å². The molecular weight excluding hydrogens is 158 g/mol. The Balaban J connectivity index is 2.36. The minimum Gasteiger partial charge on any atom is -0.375 e. The Morgan fingerprint density at radius 2 is 1.85 bits per heavy atom. The predicted octanol–water partition coefficient (Wildman–Crippen LogP) is 3.28. The normalized spacial score (nSPS) is 17.7. The molecule has 0 N–H and O–H groups in total. The van der Waals surface area contributed by atoms with Crippen LogP contribution in [-0.4, -0.2) is 17.5 Å². The molecule has 13 heavy (non-hydrogen) atoms. The van der Waals surface area contributed by atoms with Gasteiger partial charge >= 0.3 is 0 Å². The Kier molecular flexibility index (Phi) is 3.83. The van der Waals surface area contributed by atoms with Crippen LogP contribution in [0.15, 0.2) is 12.3 Å². The van der Waals surface area contributed by atoms with E-state index in [1.807, 2.05) is 0 Å². The molecule has 1 fully saturated rings. The predicted molar refractivity (Wildman–Crippen MR) is 58.5 cm³/mol. The highest BCUT2D eigenvalue weighted by atomic mass is 15.1. The highest BCUT2D eigenvalue weighted by molar-refractivity contribution is 4.96. The summed E-state index contributed by atoms with van der Waals surface area (Å²) in [7, 11) is 0. The average Bonchev–Trinajstić information content (AvgIpc) is 2.79. The van der Waals surface area contributed by atoms with Gasteiger partial charge in [0.15, 0.2) is 0 Å². The van der Waals surface area contributed by atoms with Gasteiger partial charge in [-0.25, -0.2) is 0 Å². The second-order valence-corrected chi connectivity index (χ2v) is 4.86. The van der Waals surface area contributed by atoms with Crippen molar-refractivity contribution < 1.29 is 0 Å². The van der Waals surface area contributed by atoms with Gasteiger partial charge in [0.1, 0.15) is 0 Å². The second-order valence-electron chi connectivity index (χ2n) is 4.86. The molecule has 0 heterocycles. The average molecular weight is 181 g/mol. The smallest absolute Gasteiger partial charge is 0.0227 e. The number of nitrogens with zero attached hydrogens (tertiary/aromatic N) is 1. The maximum Gasteiger partial charge on any atom is 0.0227 e. The van der Waals surface area contributed by atoms with Gasteiger partial charge in [-0.05, 0) is 44.7 Å². The maximum atomic E-state index is 2.45. The molecule has 1 saturated carbocycles. The van der Waals surface area contributed by atoms with Crippen LogP contribution in [0.3, 0.4) is 0 Å². The largest absolute Gasteiger partial charge is 0.375 e. The summed E-state index contributed by atoms with van der Waals surface area (Å²) in [6.45, 7) is 10.3. The number of allylic oxidation sites excluding steroid dienone is 1. The van der Waals surface area contributed by atoms with Crippen molar-refractivity contribution in [2.24, 2.45) is 11.8 Å². The van der Waals surface area contributed by atoms with E-state index in [1.165, 1.54) is 19.4 Å². The van der Waals surface area contributed by atoms with Crippen molar-refractivity contribution in [1.82, 2.24) is 4.90 Å². The van der Waals surface area contributed by atoms with Crippen molar-refractivity contribution in [1.29, 1.82) is 0 Å². The lowest BCUT2D eigenvalue weighted by Gasteiger charge is -2.26. The van der Waals surface area contributed by atoms with E-state index in [0.29, 0.717) is 6.04 Å². The van der Waals surface area contributed by atoms with Crippen molar-refractivity contribution in [2.45, 2.75) is 46.6 Å². The standard InChI is InChI=1S/C12H23N/c1-10(2)9-13(11(3)4)8-7-12-5-6-12/h7-8,10-12H,5-6,9H2,1-4H3/b8-7+. The molecule has 0 aromatic rings. The fourth-order valence-corrected chi connectivity index (χ4v) is 1.39. The molecule has 1 aliphatic rings. The summed E-state index contributed by atoms with van der Waals surface area (Å²) in [4.78, 5) is 2.45. The van der Waals surface area contributed by atoms with E-state index in [4.69, 9.17) is 0 Å². The van der Waals surface area contributed by atoms with Crippen LogP contribution in [0.1, 0.15) is 40.5 Å². The third kappa shape index (κ3) is 4.35. The van der Waals surface area contributed by atoms with E-state index in [9.17, 15) is 0 Å². The van der Waals surface area contributed by atoms with Gasteiger partial charge in [-0.3, -0.25) is 0 Å². The topological polar surface area (TPSA) is 3.24 Å². The third-order valence-corrected chi connectivity index (χ3v) is 2.41. The summed E-state index contributed by atoms with van der Waals surface area (Å²) in [5.41, 5.74) is 0. The fraction of sp³-hybridized carbons (Fsp3) is 0.833. The molecular formula is C12H23N. The van der Waals surface area contributed by atoms with Crippen molar-refractivity contribution in [3.8, 4) is 0 Å². The fourth-order valence-electron chi connectivity index (χ4n) is 1.39. The molecule has 0 saturated heterocycles. The van der Waals surface area contributed by atoms with E-state index in [-0.39, 0.29) is 0 Å². The van der Waals surface area contributed by atoms with Crippen LogP contribution >= 0.6 is 0 Å². The monoisotopic (exact) mass is 181 g/mol. The molecule has 0 atom stereocenters. The van der Waals surface area contributed by atoms with Crippen molar-refractivity contribution in [3.63, 3.8) is 0 Å². The molecule has 0 spiro atoms. The Morgan fingerprint density at radius 3 is 2.23 bits per heavy atom. The van der Waals surface area contributed by atoms with Crippen molar-refractivity contribution >= 4 is 0 Å². The Morgan fingerprint density at radius 1 is 1.23 bits per heavy atom. The zero-order valence-electron chi connectivity index (χ0n) is 9.46. The molecule has 1 rings (SSSR count). The van der Waals surface area contributed by atoms with Crippen molar-refractivity contribution in [3.05, 3.63) is 12.3 Å². The number of rotatable bonds is 5. The number of hydrogen-bond acceptors (Lipinski definition) is 1.